The fourth-order valence-electron chi connectivity index (χ4n) is 0.281. The van der Waals surface area contributed by atoms with Gasteiger partial charge >= 0.3 is 0 Å². The van der Waals surface area contributed by atoms with Crippen LogP contribution in [0.2, 0.25) is 0 Å². The Kier molecular flexibility index (Phi) is 4.35. The molecule has 43 valence electrons. The molecule has 1 rings (SSSR count). The second-order valence-corrected chi connectivity index (χ2v) is 1.84. The lowest BCUT2D eigenvalue weighted by atomic mass is 10.7. The van der Waals surface area contributed by atoms with Gasteiger partial charge in [0.05, 0.1) is 11.2 Å². The van der Waals surface area contributed by atoms with Crippen LogP contribution in [0, 0.1) is 0 Å². The molecule has 0 atom stereocenters. The highest BCUT2D eigenvalue weighted by atomic mass is 127. The Hall–Kier alpha value is 0.290. The van der Waals surface area contributed by atoms with Gasteiger partial charge in [-0.05, 0) is 15.9 Å². The quantitative estimate of drug-likeness (QED) is 0.353. The second kappa shape index (κ2) is 4.20. The van der Waals surface area contributed by atoms with Gasteiger partial charge in [0, 0.05) is 0 Å². The van der Waals surface area contributed by atoms with Crippen LogP contribution in [0.15, 0.2) is 15.8 Å². The summed E-state index contributed by atoms with van der Waals surface area (Å²) in [6.07, 6.45) is 4.90. The summed E-state index contributed by atoms with van der Waals surface area (Å²) >= 11 is 3.14. The van der Waals surface area contributed by atoms with E-state index in [-0.39, 0.29) is 24.0 Å². The number of hydrogen-bond acceptors (Lipinski definition) is 2. The van der Waals surface area contributed by atoms with Gasteiger partial charge in [0.1, 0.15) is 0 Å². The third kappa shape index (κ3) is 2.56. The van der Waals surface area contributed by atoms with E-state index in [4.69, 9.17) is 0 Å². The van der Waals surface area contributed by atoms with Crippen LogP contribution >= 0.6 is 15.9 Å². The van der Waals surface area contributed by atoms with Crippen LogP contribution < -0.4 is 29.0 Å². The minimum absolute atomic E-state index is 0. The molecule has 0 bridgehead atoms. The number of aliphatic imine (C=N–C) groups is 2. The number of nitrogens with zero attached hydrogens (tertiary/aromatic N) is 2. The summed E-state index contributed by atoms with van der Waals surface area (Å²) in [5.74, 6) is 0. The Balaban J connectivity index is 0.000000490. The first-order valence-electron chi connectivity index (χ1n) is 1.81. The Morgan fingerprint density at radius 1 is 1.62 bits per heavy atom. The Bertz CT molecular complexity index is 150. The molecule has 4 heteroatoms. The van der Waals surface area contributed by atoms with Gasteiger partial charge in [-0.3, -0.25) is 0 Å². The van der Waals surface area contributed by atoms with Crippen LogP contribution in [-0.4, -0.2) is 12.4 Å². The summed E-state index contributed by atoms with van der Waals surface area (Å²) in [5.41, 5.74) is 0. The zero-order chi connectivity index (χ0) is 5.11. The van der Waals surface area contributed by atoms with Gasteiger partial charge in [-0.25, -0.2) is 4.99 Å². The number of rotatable bonds is 0. The molecule has 1 aliphatic rings. The number of hydrogen-bond donors (Lipinski definition) is 0. The van der Waals surface area contributed by atoms with E-state index < -0.39 is 0 Å². The van der Waals surface area contributed by atoms with E-state index in [2.05, 4.69) is 25.9 Å². The molecule has 0 fully saturated rings. The molecule has 0 aromatic rings. The molecule has 0 aliphatic carbocycles. The minimum Gasteiger partial charge on any atom is -1.00 e. The van der Waals surface area contributed by atoms with Crippen molar-refractivity contribution in [1.82, 2.24) is 4.99 Å². The summed E-state index contributed by atoms with van der Waals surface area (Å²) in [5, 5.41) is 0. The van der Waals surface area contributed by atoms with Gasteiger partial charge in [-0.15, -0.1) is 0 Å². The van der Waals surface area contributed by atoms with Crippen molar-refractivity contribution in [3.05, 3.63) is 10.8 Å². The average Bonchev–Trinajstić information content (AvgIpc) is 1.69. The van der Waals surface area contributed by atoms with Gasteiger partial charge < -0.3 is 24.0 Å². The fourth-order valence-corrected chi connectivity index (χ4v) is 0.517. The normalized spacial score (nSPS) is 14.9. The highest BCUT2D eigenvalue weighted by molar-refractivity contribution is 9.11. The van der Waals surface area contributed by atoms with Crippen LogP contribution in [0.3, 0.4) is 0 Å². The van der Waals surface area contributed by atoms with E-state index in [1.54, 1.807) is 18.6 Å². The topological polar surface area (TPSA) is 26.5 Å². The minimum atomic E-state index is 0. The lowest BCUT2D eigenvalue weighted by molar-refractivity contribution is -0.00000131. The van der Waals surface area contributed by atoms with Gasteiger partial charge in [0.25, 0.3) is 12.4 Å². The molecule has 1 radical (unpaired) electrons. The zero-order valence-electron chi connectivity index (χ0n) is 3.88. The Morgan fingerprint density at radius 2 is 2.38 bits per heavy atom. The first-order valence-corrected chi connectivity index (χ1v) is 2.60. The largest absolute Gasteiger partial charge is 1.00 e. The molecule has 0 spiro atoms. The van der Waals surface area contributed by atoms with Gasteiger partial charge in [-0.1, -0.05) is 0 Å². The average molecular weight is 286 g/mol. The lowest BCUT2D eigenvalue weighted by Gasteiger charge is -1.76. The molecule has 0 amide bonds. The fraction of sp³-hybridized carbons (Fsp3) is 0. The molecular formula is C4H3BrIN2. The molecule has 0 saturated heterocycles. The molecular weight excluding hydrogens is 283 g/mol. The van der Waals surface area contributed by atoms with Crippen LogP contribution in [0.4, 0.5) is 0 Å². The highest BCUT2D eigenvalue weighted by Crippen LogP contribution is 2.03. The van der Waals surface area contributed by atoms with E-state index >= 15 is 0 Å². The molecule has 8 heavy (non-hydrogen) atoms. The molecule has 0 aromatic carbocycles. The van der Waals surface area contributed by atoms with E-state index in [9.17, 15) is 0 Å². The van der Waals surface area contributed by atoms with Crippen molar-refractivity contribution < 1.29 is 24.0 Å². The van der Waals surface area contributed by atoms with Crippen LogP contribution in [-0.2, 0) is 0 Å². The molecule has 0 unspecified atom stereocenters. The molecule has 0 saturated carbocycles. The Morgan fingerprint density at radius 3 is 2.62 bits per heavy atom. The third-order valence-electron chi connectivity index (χ3n) is 0.532. The Labute approximate surface area is 72.9 Å². The summed E-state index contributed by atoms with van der Waals surface area (Å²) in [6, 6.07) is 0. The lowest BCUT2D eigenvalue weighted by Crippen LogP contribution is -3.00. The first-order chi connectivity index (χ1) is 3.39. The smallest absolute Gasteiger partial charge is 0.274 e. The predicted molar refractivity (Wildman–Crippen MR) is 33.7 cm³/mol. The van der Waals surface area contributed by atoms with Crippen molar-refractivity contribution in [2.24, 2.45) is 4.99 Å². The standard InChI is InChI=1S/C4H3BrN2.HI/c5-4-3-6-1-2-7-4;/h1-3H;1H/q+1;/p-1. The number of halogens is 2. The van der Waals surface area contributed by atoms with Crippen LogP contribution in [0.1, 0.15) is 0 Å². The maximum absolute atomic E-state index is 3.83. The van der Waals surface area contributed by atoms with E-state index in [1.807, 2.05) is 0 Å². The van der Waals surface area contributed by atoms with Crippen molar-refractivity contribution in [3.63, 3.8) is 0 Å². The van der Waals surface area contributed by atoms with Gasteiger partial charge in [-0.2, -0.15) is 0 Å². The summed E-state index contributed by atoms with van der Waals surface area (Å²) in [4.78, 5) is 7.61. The SMILES string of the molecule is BrC1=C[N+]=CC=N1.[I-]. The first kappa shape index (κ1) is 8.29. The molecule has 0 aromatic heterocycles. The maximum atomic E-state index is 3.83. The van der Waals surface area contributed by atoms with Crippen molar-refractivity contribution >= 4 is 28.4 Å². The van der Waals surface area contributed by atoms with Crippen LogP contribution in [0.25, 0.3) is 0 Å². The van der Waals surface area contributed by atoms with E-state index in [0.717, 1.165) is 4.61 Å². The maximum Gasteiger partial charge on any atom is 0.274 e. The monoisotopic (exact) mass is 285 g/mol. The van der Waals surface area contributed by atoms with E-state index in [1.165, 1.54) is 0 Å². The third-order valence-corrected chi connectivity index (χ3v) is 0.941. The van der Waals surface area contributed by atoms with E-state index in [0.29, 0.717) is 0 Å². The summed E-state index contributed by atoms with van der Waals surface area (Å²) < 4.78 is 0.773. The van der Waals surface area contributed by atoms with Crippen molar-refractivity contribution in [3.8, 4) is 0 Å². The van der Waals surface area contributed by atoms with Crippen LogP contribution in [0.5, 0.6) is 0 Å². The molecule has 1 aliphatic heterocycles. The molecule has 2 nitrogen and oxygen atoms in total. The second-order valence-electron chi connectivity index (χ2n) is 1.03. The highest BCUT2D eigenvalue weighted by Gasteiger charge is 1.94. The predicted octanol–water partition coefficient (Wildman–Crippen LogP) is -2.32. The van der Waals surface area contributed by atoms with Crippen molar-refractivity contribution in [2.45, 2.75) is 0 Å². The van der Waals surface area contributed by atoms with Gasteiger partial charge in [0.2, 0.25) is 0 Å². The molecule has 1 heterocycles. The van der Waals surface area contributed by atoms with Crippen molar-refractivity contribution in [2.75, 3.05) is 0 Å². The molecule has 0 N–H and O–H groups in total. The van der Waals surface area contributed by atoms with Gasteiger partial charge in [0.15, 0.2) is 4.61 Å². The summed E-state index contributed by atoms with van der Waals surface area (Å²) in [7, 11) is 0. The zero-order valence-corrected chi connectivity index (χ0v) is 7.63. The van der Waals surface area contributed by atoms with Crippen molar-refractivity contribution in [1.29, 1.82) is 0 Å². The summed E-state index contributed by atoms with van der Waals surface area (Å²) in [6.45, 7) is 0.